The first-order chi connectivity index (χ1) is 5.90. The molecule has 0 aromatic carbocycles. The molecule has 2 aromatic rings. The van der Waals surface area contributed by atoms with Crippen LogP contribution in [0.15, 0.2) is 17.8 Å². The average molecular weight is 182 g/mol. The molecule has 0 fully saturated rings. The van der Waals surface area contributed by atoms with Crippen LogP contribution in [-0.4, -0.2) is 27.1 Å². The SMILES string of the molecule is COc1nc(-n2nccn2)cs1. The molecule has 0 amide bonds. The third-order valence-electron chi connectivity index (χ3n) is 1.27. The van der Waals surface area contributed by atoms with E-state index in [9.17, 15) is 0 Å². The molecule has 0 aliphatic heterocycles. The lowest BCUT2D eigenvalue weighted by atomic mass is 10.8. The molecule has 0 saturated carbocycles. The fourth-order valence-corrected chi connectivity index (χ4v) is 1.36. The van der Waals surface area contributed by atoms with Gasteiger partial charge in [-0.3, -0.25) is 0 Å². The van der Waals surface area contributed by atoms with E-state index in [-0.39, 0.29) is 0 Å². The van der Waals surface area contributed by atoms with E-state index >= 15 is 0 Å². The summed E-state index contributed by atoms with van der Waals surface area (Å²) in [7, 11) is 1.58. The number of methoxy groups -OCH3 is 1. The van der Waals surface area contributed by atoms with Crippen molar-refractivity contribution in [2.45, 2.75) is 0 Å². The van der Waals surface area contributed by atoms with E-state index in [1.54, 1.807) is 19.5 Å². The lowest BCUT2D eigenvalue weighted by molar-refractivity contribution is 0.411. The van der Waals surface area contributed by atoms with Crippen LogP contribution < -0.4 is 4.74 Å². The minimum absolute atomic E-state index is 0.613. The molecule has 5 nitrogen and oxygen atoms in total. The lowest BCUT2D eigenvalue weighted by Crippen LogP contribution is -1.98. The smallest absolute Gasteiger partial charge is 0.275 e. The third kappa shape index (κ3) is 1.16. The van der Waals surface area contributed by atoms with Gasteiger partial charge in [0.15, 0.2) is 5.82 Å². The Kier molecular flexibility index (Phi) is 1.75. The molecule has 2 heterocycles. The second kappa shape index (κ2) is 2.90. The molecule has 12 heavy (non-hydrogen) atoms. The molecule has 0 saturated heterocycles. The maximum atomic E-state index is 4.93. The third-order valence-corrected chi connectivity index (χ3v) is 2.06. The molecule has 0 atom stereocenters. The second-order valence-electron chi connectivity index (χ2n) is 1.99. The largest absolute Gasteiger partial charge is 0.473 e. The first-order valence-electron chi connectivity index (χ1n) is 3.26. The summed E-state index contributed by atoms with van der Waals surface area (Å²) in [6.07, 6.45) is 3.21. The highest BCUT2D eigenvalue weighted by Crippen LogP contribution is 2.18. The summed E-state index contributed by atoms with van der Waals surface area (Å²) >= 11 is 1.41. The van der Waals surface area contributed by atoms with Gasteiger partial charge in [-0.15, -0.1) is 4.80 Å². The molecule has 0 radical (unpaired) electrons. The van der Waals surface area contributed by atoms with Crippen LogP contribution in [0.3, 0.4) is 0 Å². The van der Waals surface area contributed by atoms with E-state index in [4.69, 9.17) is 4.74 Å². The Hall–Kier alpha value is -1.43. The number of aromatic nitrogens is 4. The van der Waals surface area contributed by atoms with Gasteiger partial charge in [-0.1, -0.05) is 11.3 Å². The average Bonchev–Trinajstić information content (AvgIpc) is 2.75. The van der Waals surface area contributed by atoms with Crippen molar-refractivity contribution in [2.24, 2.45) is 0 Å². The van der Waals surface area contributed by atoms with E-state index in [2.05, 4.69) is 15.2 Å². The van der Waals surface area contributed by atoms with Crippen molar-refractivity contribution in [1.29, 1.82) is 0 Å². The van der Waals surface area contributed by atoms with Crippen LogP contribution in [0.5, 0.6) is 5.19 Å². The van der Waals surface area contributed by atoms with Gasteiger partial charge in [0.1, 0.15) is 0 Å². The highest BCUT2D eigenvalue weighted by Gasteiger charge is 2.03. The summed E-state index contributed by atoms with van der Waals surface area (Å²) in [6, 6.07) is 0. The van der Waals surface area contributed by atoms with Crippen molar-refractivity contribution >= 4 is 11.3 Å². The summed E-state index contributed by atoms with van der Waals surface area (Å²) in [4.78, 5) is 5.55. The van der Waals surface area contributed by atoms with Crippen molar-refractivity contribution in [3.8, 4) is 11.0 Å². The quantitative estimate of drug-likeness (QED) is 0.687. The Morgan fingerprint density at radius 1 is 1.42 bits per heavy atom. The first-order valence-corrected chi connectivity index (χ1v) is 4.14. The maximum absolute atomic E-state index is 4.93. The van der Waals surface area contributed by atoms with Crippen LogP contribution in [-0.2, 0) is 0 Å². The minimum atomic E-state index is 0.613. The highest BCUT2D eigenvalue weighted by atomic mass is 32.1. The van der Waals surface area contributed by atoms with Gasteiger partial charge in [0.2, 0.25) is 0 Å². The molecule has 0 spiro atoms. The van der Waals surface area contributed by atoms with Crippen LogP contribution in [0.2, 0.25) is 0 Å². The topological polar surface area (TPSA) is 52.8 Å². The van der Waals surface area contributed by atoms with Gasteiger partial charge >= 0.3 is 0 Å². The number of nitrogens with zero attached hydrogens (tertiary/aromatic N) is 4. The second-order valence-corrected chi connectivity index (χ2v) is 2.81. The summed E-state index contributed by atoms with van der Waals surface area (Å²) in [6.45, 7) is 0. The molecular formula is C6H6N4OS. The number of hydrogen-bond acceptors (Lipinski definition) is 5. The van der Waals surface area contributed by atoms with Gasteiger partial charge < -0.3 is 4.74 Å². The fourth-order valence-electron chi connectivity index (χ4n) is 0.769. The van der Waals surface area contributed by atoms with Crippen LogP contribution >= 0.6 is 11.3 Å². The summed E-state index contributed by atoms with van der Waals surface area (Å²) < 4.78 is 4.93. The molecule has 6 heteroatoms. The van der Waals surface area contributed by atoms with Crippen molar-refractivity contribution < 1.29 is 4.74 Å². The molecular weight excluding hydrogens is 176 g/mol. The number of thiazole rings is 1. The van der Waals surface area contributed by atoms with Crippen LogP contribution in [0.25, 0.3) is 5.82 Å². The first kappa shape index (κ1) is 7.23. The standard InChI is InChI=1S/C6H6N4OS/c1-11-6-9-5(4-12-6)10-7-2-3-8-10/h2-4H,1H3. The summed E-state index contributed by atoms with van der Waals surface area (Å²) in [5, 5.41) is 10.3. The summed E-state index contributed by atoms with van der Waals surface area (Å²) in [5.41, 5.74) is 0. The Bertz CT molecular complexity index is 355. The van der Waals surface area contributed by atoms with Gasteiger partial charge in [0.25, 0.3) is 5.19 Å². The molecule has 2 aromatic heterocycles. The summed E-state index contributed by atoms with van der Waals surface area (Å²) in [5.74, 6) is 0.682. The fraction of sp³-hybridized carbons (Fsp3) is 0.167. The zero-order chi connectivity index (χ0) is 8.39. The van der Waals surface area contributed by atoms with Gasteiger partial charge in [-0.25, -0.2) is 0 Å². The van der Waals surface area contributed by atoms with Gasteiger partial charge in [-0.2, -0.15) is 15.2 Å². The van der Waals surface area contributed by atoms with Crippen molar-refractivity contribution in [1.82, 2.24) is 20.0 Å². The van der Waals surface area contributed by atoms with Gasteiger partial charge in [0, 0.05) is 5.38 Å². The van der Waals surface area contributed by atoms with Gasteiger partial charge in [-0.05, 0) is 0 Å². The van der Waals surface area contributed by atoms with Crippen molar-refractivity contribution in [2.75, 3.05) is 7.11 Å². The molecule has 0 aliphatic rings. The van der Waals surface area contributed by atoms with Crippen molar-refractivity contribution in [3.05, 3.63) is 17.8 Å². The van der Waals surface area contributed by atoms with Crippen LogP contribution in [0.4, 0.5) is 0 Å². The normalized spacial score (nSPS) is 10.1. The lowest BCUT2D eigenvalue weighted by Gasteiger charge is -1.90. The van der Waals surface area contributed by atoms with E-state index in [1.165, 1.54) is 16.1 Å². The molecule has 0 N–H and O–H groups in total. The monoisotopic (exact) mass is 182 g/mol. The Morgan fingerprint density at radius 3 is 2.75 bits per heavy atom. The zero-order valence-corrected chi connectivity index (χ0v) is 7.15. The number of hydrogen-bond donors (Lipinski definition) is 0. The van der Waals surface area contributed by atoms with Gasteiger partial charge in [0.05, 0.1) is 19.5 Å². The predicted molar refractivity (Wildman–Crippen MR) is 43.6 cm³/mol. The molecule has 0 aliphatic carbocycles. The molecule has 0 bridgehead atoms. The molecule has 0 unspecified atom stereocenters. The number of ether oxygens (including phenoxy) is 1. The number of rotatable bonds is 2. The molecule has 62 valence electrons. The van der Waals surface area contributed by atoms with Crippen LogP contribution in [0.1, 0.15) is 0 Å². The zero-order valence-electron chi connectivity index (χ0n) is 6.34. The Morgan fingerprint density at radius 2 is 2.17 bits per heavy atom. The van der Waals surface area contributed by atoms with E-state index in [0.29, 0.717) is 11.0 Å². The van der Waals surface area contributed by atoms with E-state index in [0.717, 1.165) is 0 Å². The van der Waals surface area contributed by atoms with Crippen LogP contribution in [0, 0.1) is 0 Å². The van der Waals surface area contributed by atoms with E-state index in [1.807, 2.05) is 5.38 Å². The Balaban J connectivity index is 2.35. The minimum Gasteiger partial charge on any atom is -0.473 e. The predicted octanol–water partition coefficient (Wildman–Crippen LogP) is 0.732. The van der Waals surface area contributed by atoms with E-state index < -0.39 is 0 Å². The highest BCUT2D eigenvalue weighted by molar-refractivity contribution is 7.11. The maximum Gasteiger partial charge on any atom is 0.275 e. The molecule has 2 rings (SSSR count). The Labute approximate surface area is 72.6 Å². The van der Waals surface area contributed by atoms with Crippen molar-refractivity contribution in [3.63, 3.8) is 0 Å².